The number of anilines is 1. The number of rotatable bonds is 6. The Morgan fingerprint density at radius 3 is 2.70 bits per heavy atom. The first-order valence-electron chi connectivity index (χ1n) is 9.09. The predicted molar refractivity (Wildman–Crippen MR) is 105 cm³/mol. The van der Waals surface area contributed by atoms with Crippen molar-refractivity contribution in [1.82, 2.24) is 5.32 Å². The standard InChI is InChI=1S/C21H23N3O3/c22-12-17(21(27)23-13-18(26)14-25)11-16-8-7-15-5-1-2-6-19(15)20(16)24-9-3-4-10-24/h1-2,5-8,11,18,25-26H,3-4,9-10,13-14H2,(H,23,27)/b17-11+. The molecule has 0 bridgehead atoms. The number of carbonyl (C=O) groups excluding carboxylic acids is 1. The van der Waals surface area contributed by atoms with Gasteiger partial charge in [-0.25, -0.2) is 0 Å². The molecule has 2 aromatic carbocycles. The second kappa shape index (κ2) is 8.67. The molecule has 1 unspecified atom stereocenters. The highest BCUT2D eigenvalue weighted by Gasteiger charge is 2.19. The van der Waals surface area contributed by atoms with Crippen molar-refractivity contribution in [2.24, 2.45) is 0 Å². The molecule has 3 rings (SSSR count). The Bertz CT molecular complexity index is 895. The first kappa shape index (κ1) is 18.9. The Balaban J connectivity index is 1.99. The van der Waals surface area contributed by atoms with E-state index in [9.17, 15) is 15.2 Å². The lowest BCUT2D eigenvalue weighted by Gasteiger charge is -2.23. The maximum Gasteiger partial charge on any atom is 0.262 e. The Hall–Kier alpha value is -2.88. The van der Waals surface area contributed by atoms with Gasteiger partial charge in [0.2, 0.25) is 0 Å². The van der Waals surface area contributed by atoms with Crippen LogP contribution in [0.25, 0.3) is 16.8 Å². The third kappa shape index (κ3) is 4.27. The third-order valence-corrected chi connectivity index (χ3v) is 4.73. The SMILES string of the molecule is N#C/C(=C\c1ccc2ccccc2c1N1CCCC1)C(=O)NCC(O)CO. The molecule has 1 fully saturated rings. The second-order valence-electron chi connectivity index (χ2n) is 6.63. The Labute approximate surface area is 158 Å². The maximum absolute atomic E-state index is 12.3. The van der Waals surface area contributed by atoms with Crippen molar-refractivity contribution >= 4 is 28.4 Å². The lowest BCUT2D eigenvalue weighted by atomic mass is 10.0. The minimum Gasteiger partial charge on any atom is -0.394 e. The molecule has 0 aromatic heterocycles. The zero-order chi connectivity index (χ0) is 19.2. The van der Waals surface area contributed by atoms with Crippen molar-refractivity contribution in [2.75, 3.05) is 31.1 Å². The van der Waals surface area contributed by atoms with Crippen molar-refractivity contribution < 1.29 is 15.0 Å². The van der Waals surface area contributed by atoms with Crippen molar-refractivity contribution in [2.45, 2.75) is 18.9 Å². The summed E-state index contributed by atoms with van der Waals surface area (Å²) in [5.74, 6) is -0.564. The Morgan fingerprint density at radius 2 is 2.00 bits per heavy atom. The van der Waals surface area contributed by atoms with Gasteiger partial charge in [-0.3, -0.25) is 4.79 Å². The summed E-state index contributed by atoms with van der Waals surface area (Å²) in [4.78, 5) is 14.6. The van der Waals surface area contributed by atoms with Crippen molar-refractivity contribution in [3.63, 3.8) is 0 Å². The first-order chi connectivity index (χ1) is 13.1. The highest BCUT2D eigenvalue weighted by atomic mass is 16.3. The molecule has 6 nitrogen and oxygen atoms in total. The summed E-state index contributed by atoms with van der Waals surface area (Å²) < 4.78 is 0. The molecule has 0 radical (unpaired) electrons. The van der Waals surface area contributed by atoms with Crippen LogP contribution in [0.5, 0.6) is 0 Å². The molecule has 0 spiro atoms. The fraction of sp³-hybridized carbons (Fsp3) is 0.333. The van der Waals surface area contributed by atoms with E-state index in [-0.39, 0.29) is 12.1 Å². The second-order valence-corrected chi connectivity index (χ2v) is 6.63. The third-order valence-electron chi connectivity index (χ3n) is 4.73. The maximum atomic E-state index is 12.3. The molecule has 1 heterocycles. The molecule has 2 aromatic rings. The van der Waals surface area contributed by atoms with Gasteiger partial charge in [-0.05, 0) is 29.9 Å². The van der Waals surface area contributed by atoms with Crippen molar-refractivity contribution in [3.8, 4) is 6.07 Å². The van der Waals surface area contributed by atoms with Gasteiger partial charge in [0, 0.05) is 25.0 Å². The summed E-state index contributed by atoms with van der Waals surface area (Å²) in [6, 6.07) is 14.0. The van der Waals surface area contributed by atoms with Crippen LogP contribution in [0.3, 0.4) is 0 Å². The number of nitriles is 1. The molecule has 1 aliphatic rings. The van der Waals surface area contributed by atoms with E-state index in [2.05, 4.69) is 22.3 Å². The van der Waals surface area contributed by atoms with Crippen LogP contribution in [-0.4, -0.2) is 48.5 Å². The molecule has 3 N–H and O–H groups in total. The molecule has 1 saturated heterocycles. The number of aliphatic hydroxyl groups is 2. The van der Waals surface area contributed by atoms with E-state index < -0.39 is 18.6 Å². The van der Waals surface area contributed by atoms with E-state index in [0.29, 0.717) is 0 Å². The Kier molecular flexibility index (Phi) is 6.07. The number of nitrogens with zero attached hydrogens (tertiary/aromatic N) is 2. The normalized spacial score (nSPS) is 15.6. The average Bonchev–Trinajstić information content (AvgIpc) is 3.23. The van der Waals surface area contributed by atoms with Crippen LogP contribution in [-0.2, 0) is 4.79 Å². The fourth-order valence-corrected chi connectivity index (χ4v) is 3.36. The molecule has 1 amide bonds. The fourth-order valence-electron chi connectivity index (χ4n) is 3.36. The molecule has 1 atom stereocenters. The minimum absolute atomic E-state index is 0.0316. The summed E-state index contributed by atoms with van der Waals surface area (Å²) >= 11 is 0. The smallest absolute Gasteiger partial charge is 0.262 e. The topological polar surface area (TPSA) is 96.6 Å². The molecule has 27 heavy (non-hydrogen) atoms. The molecular formula is C21H23N3O3. The summed E-state index contributed by atoms with van der Waals surface area (Å²) in [5, 5.41) is 32.4. The van der Waals surface area contributed by atoms with Crippen LogP contribution in [0.4, 0.5) is 5.69 Å². The predicted octanol–water partition coefficient (Wildman–Crippen LogP) is 1.82. The number of hydrogen-bond donors (Lipinski definition) is 3. The quantitative estimate of drug-likeness (QED) is 0.536. The van der Waals surface area contributed by atoms with E-state index in [1.807, 2.05) is 30.3 Å². The summed E-state index contributed by atoms with van der Waals surface area (Å²) in [6.07, 6.45) is 2.80. The highest BCUT2D eigenvalue weighted by Crippen LogP contribution is 2.34. The molecular weight excluding hydrogens is 342 g/mol. The van der Waals surface area contributed by atoms with Crippen molar-refractivity contribution in [1.29, 1.82) is 5.26 Å². The largest absolute Gasteiger partial charge is 0.394 e. The van der Waals surface area contributed by atoms with Crippen LogP contribution in [0.2, 0.25) is 0 Å². The number of nitrogens with one attached hydrogen (secondary N) is 1. The van der Waals surface area contributed by atoms with Gasteiger partial charge in [-0.2, -0.15) is 5.26 Å². The van der Waals surface area contributed by atoms with Gasteiger partial charge in [0.05, 0.1) is 18.4 Å². The number of benzene rings is 2. The molecule has 0 aliphatic carbocycles. The number of aliphatic hydroxyl groups excluding tert-OH is 2. The van der Waals surface area contributed by atoms with Crippen LogP contribution in [0.1, 0.15) is 18.4 Å². The molecule has 0 saturated carbocycles. The van der Waals surface area contributed by atoms with Gasteiger partial charge in [0.1, 0.15) is 11.6 Å². The highest BCUT2D eigenvalue weighted by molar-refractivity contribution is 6.05. The monoisotopic (exact) mass is 365 g/mol. The van der Waals surface area contributed by atoms with E-state index in [1.54, 1.807) is 6.08 Å². The molecule has 1 aliphatic heterocycles. The average molecular weight is 365 g/mol. The first-order valence-corrected chi connectivity index (χ1v) is 9.09. The van der Waals surface area contributed by atoms with E-state index in [1.165, 1.54) is 0 Å². The number of amides is 1. The summed E-state index contributed by atoms with van der Waals surface area (Å²) in [6.45, 7) is 1.35. The van der Waals surface area contributed by atoms with Crippen molar-refractivity contribution in [3.05, 3.63) is 47.5 Å². The Morgan fingerprint density at radius 1 is 1.26 bits per heavy atom. The van der Waals surface area contributed by atoms with Crippen LogP contribution >= 0.6 is 0 Å². The van der Waals surface area contributed by atoms with Gasteiger partial charge in [0.15, 0.2) is 0 Å². The van der Waals surface area contributed by atoms with Crippen LogP contribution in [0.15, 0.2) is 42.0 Å². The minimum atomic E-state index is -1.05. The summed E-state index contributed by atoms with van der Waals surface area (Å²) in [7, 11) is 0. The van der Waals surface area contributed by atoms with Gasteiger partial charge in [0.25, 0.3) is 5.91 Å². The lowest BCUT2D eigenvalue weighted by Crippen LogP contribution is -2.34. The van der Waals surface area contributed by atoms with E-state index in [4.69, 9.17) is 5.11 Å². The van der Waals surface area contributed by atoms with Crippen LogP contribution in [0, 0.1) is 11.3 Å². The lowest BCUT2D eigenvalue weighted by molar-refractivity contribution is -0.117. The number of hydrogen-bond acceptors (Lipinski definition) is 5. The summed E-state index contributed by atoms with van der Waals surface area (Å²) in [5.41, 5.74) is 1.84. The van der Waals surface area contributed by atoms with E-state index >= 15 is 0 Å². The van der Waals surface area contributed by atoms with E-state index in [0.717, 1.165) is 48.0 Å². The molecule has 6 heteroatoms. The zero-order valence-electron chi connectivity index (χ0n) is 15.1. The molecule has 140 valence electrons. The van der Waals surface area contributed by atoms with Crippen LogP contribution < -0.4 is 10.2 Å². The number of fused-ring (bicyclic) bond motifs is 1. The van der Waals surface area contributed by atoms with Gasteiger partial charge >= 0.3 is 0 Å². The zero-order valence-corrected chi connectivity index (χ0v) is 15.1. The van der Waals surface area contributed by atoms with Gasteiger partial charge in [-0.1, -0.05) is 36.4 Å². The van der Waals surface area contributed by atoms with Gasteiger partial charge < -0.3 is 20.4 Å². The van der Waals surface area contributed by atoms with Gasteiger partial charge in [-0.15, -0.1) is 0 Å². The number of carbonyl (C=O) groups is 1.